The van der Waals surface area contributed by atoms with Crippen molar-refractivity contribution in [1.29, 1.82) is 0 Å². The van der Waals surface area contributed by atoms with Crippen molar-refractivity contribution in [3.63, 3.8) is 0 Å². The zero-order valence-electron chi connectivity index (χ0n) is 14.6. The third-order valence-electron chi connectivity index (χ3n) is 4.89. The Hall–Kier alpha value is -2.29. The van der Waals surface area contributed by atoms with Crippen molar-refractivity contribution in [2.75, 3.05) is 23.7 Å². The van der Waals surface area contributed by atoms with Gasteiger partial charge in [-0.1, -0.05) is 25.6 Å². The number of hydrogen-bond donors (Lipinski definition) is 1. The Morgan fingerprint density at radius 3 is 2.88 bits per heavy atom. The lowest BCUT2D eigenvalue weighted by atomic mass is 9.86. The van der Waals surface area contributed by atoms with Gasteiger partial charge in [-0.3, -0.25) is 9.97 Å². The summed E-state index contributed by atoms with van der Waals surface area (Å²) in [5.74, 6) is 1.17. The standard InChI is InChI=1S/C17H20FN7S/c1-10(2)14-12(18)5-22-16(23-14)25-7-11-8-26-15(19)24-17(11,9-25)13-6-20-3-4-21-13/h3-6,10-11H,7-9H2,1-2H3,(H2,19,24)/t11-,17-/m0/s1. The fourth-order valence-electron chi connectivity index (χ4n) is 3.58. The predicted molar refractivity (Wildman–Crippen MR) is 99.6 cm³/mol. The lowest BCUT2D eigenvalue weighted by molar-refractivity contribution is 0.375. The maximum absolute atomic E-state index is 14.0. The summed E-state index contributed by atoms with van der Waals surface area (Å²) in [4.78, 5) is 24.2. The highest BCUT2D eigenvalue weighted by Crippen LogP contribution is 2.45. The Bertz CT molecular complexity index is 844. The Morgan fingerprint density at radius 1 is 1.31 bits per heavy atom. The topological polar surface area (TPSA) is 93.2 Å². The maximum atomic E-state index is 14.0. The van der Waals surface area contributed by atoms with Gasteiger partial charge in [0, 0.05) is 30.6 Å². The van der Waals surface area contributed by atoms with Gasteiger partial charge in [0.25, 0.3) is 0 Å². The molecule has 4 rings (SSSR count). The number of nitrogens with two attached hydrogens (primary N) is 1. The summed E-state index contributed by atoms with van der Waals surface area (Å²) >= 11 is 1.55. The molecule has 2 atom stereocenters. The molecule has 0 spiro atoms. The predicted octanol–water partition coefficient (Wildman–Crippen LogP) is 1.92. The highest BCUT2D eigenvalue weighted by molar-refractivity contribution is 8.13. The summed E-state index contributed by atoms with van der Waals surface area (Å²) in [6.07, 6.45) is 6.31. The first-order valence-electron chi connectivity index (χ1n) is 8.51. The van der Waals surface area contributed by atoms with Crippen molar-refractivity contribution in [1.82, 2.24) is 19.9 Å². The van der Waals surface area contributed by atoms with Crippen LogP contribution in [0.1, 0.15) is 31.2 Å². The van der Waals surface area contributed by atoms with Gasteiger partial charge < -0.3 is 10.6 Å². The molecule has 0 radical (unpaired) electrons. The summed E-state index contributed by atoms with van der Waals surface area (Å²) in [6, 6.07) is 0. The Kier molecular flexibility index (Phi) is 4.26. The zero-order chi connectivity index (χ0) is 18.3. The first kappa shape index (κ1) is 17.1. The largest absolute Gasteiger partial charge is 0.379 e. The van der Waals surface area contributed by atoms with Crippen LogP contribution in [0.5, 0.6) is 0 Å². The van der Waals surface area contributed by atoms with Crippen LogP contribution in [0, 0.1) is 11.7 Å². The van der Waals surface area contributed by atoms with Crippen LogP contribution in [0.15, 0.2) is 29.8 Å². The van der Waals surface area contributed by atoms with Gasteiger partial charge >= 0.3 is 0 Å². The van der Waals surface area contributed by atoms with Crippen LogP contribution in [0.25, 0.3) is 0 Å². The van der Waals surface area contributed by atoms with Gasteiger partial charge in [-0.25, -0.2) is 19.4 Å². The number of halogens is 1. The number of aliphatic imine (C=N–C) groups is 1. The molecule has 1 saturated heterocycles. The second-order valence-electron chi connectivity index (χ2n) is 6.91. The molecule has 0 saturated carbocycles. The number of amidine groups is 1. The van der Waals surface area contributed by atoms with Gasteiger partial charge in [-0.05, 0) is 5.92 Å². The van der Waals surface area contributed by atoms with Crippen molar-refractivity contribution in [3.8, 4) is 0 Å². The van der Waals surface area contributed by atoms with Gasteiger partial charge in [-0.15, -0.1) is 0 Å². The average molecular weight is 373 g/mol. The van der Waals surface area contributed by atoms with Crippen LogP contribution in [0.3, 0.4) is 0 Å². The Morgan fingerprint density at radius 2 is 2.15 bits per heavy atom. The molecule has 136 valence electrons. The van der Waals surface area contributed by atoms with E-state index in [0.717, 1.165) is 11.4 Å². The molecule has 4 heterocycles. The Balaban J connectivity index is 1.74. The molecule has 7 nitrogen and oxygen atoms in total. The van der Waals surface area contributed by atoms with Crippen molar-refractivity contribution in [3.05, 3.63) is 42.0 Å². The number of hydrogen-bond acceptors (Lipinski definition) is 8. The van der Waals surface area contributed by atoms with E-state index in [1.165, 1.54) is 6.20 Å². The summed E-state index contributed by atoms with van der Waals surface area (Å²) in [7, 11) is 0. The van der Waals surface area contributed by atoms with E-state index < -0.39 is 5.54 Å². The van der Waals surface area contributed by atoms with Crippen molar-refractivity contribution in [2.24, 2.45) is 16.6 Å². The highest BCUT2D eigenvalue weighted by Gasteiger charge is 2.52. The van der Waals surface area contributed by atoms with E-state index in [1.54, 1.807) is 30.4 Å². The Labute approximate surface area is 155 Å². The number of thioether (sulfide) groups is 1. The number of anilines is 1. The molecule has 26 heavy (non-hydrogen) atoms. The summed E-state index contributed by atoms with van der Waals surface area (Å²) in [5.41, 5.74) is 6.70. The molecule has 2 aromatic rings. The smallest absolute Gasteiger partial charge is 0.225 e. The quantitative estimate of drug-likeness (QED) is 0.878. The van der Waals surface area contributed by atoms with Crippen LogP contribution in [-0.4, -0.2) is 43.9 Å². The minimum atomic E-state index is -0.570. The minimum Gasteiger partial charge on any atom is -0.379 e. The molecule has 2 aliphatic heterocycles. The molecular formula is C17H20FN7S. The zero-order valence-corrected chi connectivity index (χ0v) is 15.4. The van der Waals surface area contributed by atoms with Crippen molar-refractivity contribution in [2.45, 2.75) is 25.3 Å². The molecular weight excluding hydrogens is 353 g/mol. The first-order valence-corrected chi connectivity index (χ1v) is 9.50. The molecule has 2 aromatic heterocycles. The molecule has 1 fully saturated rings. The summed E-state index contributed by atoms with van der Waals surface area (Å²) < 4.78 is 14.0. The SMILES string of the molecule is CC(C)c1nc(N2C[C@H]3CSC(N)=N[C@@]3(c3cnccn3)C2)ncc1F. The molecule has 0 amide bonds. The van der Waals surface area contributed by atoms with Gasteiger partial charge in [0.05, 0.1) is 30.3 Å². The molecule has 0 unspecified atom stereocenters. The van der Waals surface area contributed by atoms with Crippen molar-refractivity contribution < 1.29 is 4.39 Å². The van der Waals surface area contributed by atoms with E-state index in [0.29, 0.717) is 29.9 Å². The van der Waals surface area contributed by atoms with E-state index >= 15 is 0 Å². The molecule has 0 bridgehead atoms. The molecule has 9 heteroatoms. The van der Waals surface area contributed by atoms with Gasteiger partial charge in [0.15, 0.2) is 11.0 Å². The third-order valence-corrected chi connectivity index (χ3v) is 5.84. The second-order valence-corrected chi connectivity index (χ2v) is 7.95. The van der Waals surface area contributed by atoms with Crippen LogP contribution in [0.2, 0.25) is 0 Å². The highest BCUT2D eigenvalue weighted by atomic mass is 32.2. The molecule has 2 N–H and O–H groups in total. The molecule has 0 aliphatic carbocycles. The summed E-state index contributed by atoms with van der Waals surface area (Å²) in [6.45, 7) is 5.09. The normalized spacial score (nSPS) is 25.3. The molecule has 0 aromatic carbocycles. The maximum Gasteiger partial charge on any atom is 0.225 e. The van der Waals surface area contributed by atoms with E-state index in [9.17, 15) is 4.39 Å². The first-order chi connectivity index (χ1) is 12.5. The second kappa shape index (κ2) is 6.46. The summed E-state index contributed by atoms with van der Waals surface area (Å²) in [5, 5.41) is 0.552. The van der Waals surface area contributed by atoms with E-state index in [4.69, 9.17) is 10.7 Å². The number of nitrogens with zero attached hydrogens (tertiary/aromatic N) is 6. The van der Waals surface area contributed by atoms with Gasteiger partial charge in [-0.2, -0.15) is 0 Å². The number of fused-ring (bicyclic) bond motifs is 1. The lowest BCUT2D eigenvalue weighted by Gasteiger charge is -2.33. The minimum absolute atomic E-state index is 0.0141. The monoisotopic (exact) mass is 373 g/mol. The van der Waals surface area contributed by atoms with Crippen LogP contribution in [-0.2, 0) is 5.54 Å². The van der Waals surface area contributed by atoms with Gasteiger partial charge in [0.2, 0.25) is 5.95 Å². The lowest BCUT2D eigenvalue weighted by Crippen LogP contribution is -2.40. The van der Waals surface area contributed by atoms with E-state index in [-0.39, 0.29) is 17.7 Å². The fourth-order valence-corrected chi connectivity index (χ4v) is 4.56. The van der Waals surface area contributed by atoms with E-state index in [2.05, 4.69) is 19.9 Å². The third kappa shape index (κ3) is 2.80. The van der Waals surface area contributed by atoms with Crippen LogP contribution in [0.4, 0.5) is 10.3 Å². The molecule has 2 aliphatic rings. The number of aromatic nitrogens is 4. The van der Waals surface area contributed by atoms with Crippen molar-refractivity contribution >= 4 is 22.9 Å². The van der Waals surface area contributed by atoms with Gasteiger partial charge in [0.1, 0.15) is 5.54 Å². The number of rotatable bonds is 3. The van der Waals surface area contributed by atoms with Crippen LogP contribution < -0.4 is 10.6 Å². The van der Waals surface area contributed by atoms with E-state index in [1.807, 2.05) is 18.7 Å². The fraction of sp³-hybridized carbons (Fsp3) is 0.471. The average Bonchev–Trinajstić information content (AvgIpc) is 3.02. The van der Waals surface area contributed by atoms with Crippen LogP contribution >= 0.6 is 11.8 Å².